The van der Waals surface area contributed by atoms with Crippen LogP contribution in [0.1, 0.15) is 13.8 Å². The fourth-order valence-corrected chi connectivity index (χ4v) is 5.15. The molecule has 1 atom stereocenters. The zero-order valence-electron chi connectivity index (χ0n) is 5.42. The predicted molar refractivity (Wildman–Crippen MR) is 46.3 cm³/mol. The van der Waals surface area contributed by atoms with Crippen molar-refractivity contribution < 1.29 is 0 Å². The Morgan fingerprint density at radius 2 is 2.22 bits per heavy atom. The number of rotatable bonds is 0. The van der Waals surface area contributed by atoms with Gasteiger partial charge in [-0.3, -0.25) is 0 Å². The highest BCUT2D eigenvalue weighted by molar-refractivity contribution is 9.13. The Labute approximate surface area is 59.7 Å². The molecule has 2 aliphatic heterocycles. The van der Waals surface area contributed by atoms with Gasteiger partial charge in [0.2, 0.25) is 0 Å². The molecular formula is C5H8N2S2. The lowest BCUT2D eigenvalue weighted by Crippen LogP contribution is -1.83. The van der Waals surface area contributed by atoms with Crippen LogP contribution >= 0.6 is 20.0 Å². The summed E-state index contributed by atoms with van der Waals surface area (Å²) in [6.07, 6.45) is 0. The van der Waals surface area contributed by atoms with E-state index < -0.39 is 9.25 Å². The summed E-state index contributed by atoms with van der Waals surface area (Å²) in [6, 6.07) is 0. The molecule has 0 bridgehead atoms. The highest BCUT2D eigenvalue weighted by atomic mass is 33.2. The van der Waals surface area contributed by atoms with Gasteiger partial charge in [-0.05, 0) is 23.1 Å². The van der Waals surface area contributed by atoms with E-state index in [0.717, 1.165) is 5.84 Å². The molecule has 50 valence electrons. The van der Waals surface area contributed by atoms with Crippen LogP contribution in [0.4, 0.5) is 0 Å². The van der Waals surface area contributed by atoms with Crippen molar-refractivity contribution in [2.24, 2.45) is 9.39 Å². The van der Waals surface area contributed by atoms with Gasteiger partial charge in [0.05, 0.1) is 10.1 Å². The molecule has 0 aliphatic carbocycles. The standard InChI is InChI=1S/C5H8N2S2/c1-4-6-5(2)9(7-4)3-8-9/h3H2,1-2H3. The number of hydrogen-bond acceptors (Lipinski definition) is 3. The Morgan fingerprint density at radius 3 is 2.44 bits per heavy atom. The van der Waals surface area contributed by atoms with E-state index in [1.54, 1.807) is 0 Å². The molecule has 0 aromatic rings. The third kappa shape index (κ3) is 0.730. The minimum absolute atomic E-state index is 0.670. The van der Waals surface area contributed by atoms with E-state index in [1.165, 1.54) is 10.1 Å². The van der Waals surface area contributed by atoms with Crippen LogP contribution in [0.25, 0.3) is 0 Å². The van der Waals surface area contributed by atoms with Gasteiger partial charge < -0.3 is 0 Å². The van der Waals surface area contributed by atoms with E-state index in [-0.39, 0.29) is 0 Å². The van der Waals surface area contributed by atoms with Gasteiger partial charge in [-0.1, -0.05) is 10.8 Å². The average molecular weight is 160 g/mol. The van der Waals surface area contributed by atoms with Crippen LogP contribution in [0.5, 0.6) is 0 Å². The van der Waals surface area contributed by atoms with E-state index in [9.17, 15) is 0 Å². The van der Waals surface area contributed by atoms with Gasteiger partial charge in [-0.2, -0.15) is 0 Å². The largest absolute Gasteiger partial charge is 0.230 e. The molecule has 2 aliphatic rings. The summed E-state index contributed by atoms with van der Waals surface area (Å²) in [5.74, 6) is 0.979. The lowest BCUT2D eigenvalue weighted by Gasteiger charge is -2.02. The molecule has 9 heavy (non-hydrogen) atoms. The highest BCUT2D eigenvalue weighted by Crippen LogP contribution is 2.81. The molecule has 0 aromatic carbocycles. The second-order valence-corrected chi connectivity index (χ2v) is 7.74. The molecule has 4 heteroatoms. The summed E-state index contributed by atoms with van der Waals surface area (Å²) < 4.78 is 4.47. The lowest BCUT2D eigenvalue weighted by atomic mass is 10.7. The number of nitrogens with zero attached hydrogens (tertiary/aromatic N) is 2. The van der Waals surface area contributed by atoms with Crippen molar-refractivity contribution in [3.05, 3.63) is 0 Å². The highest BCUT2D eigenvalue weighted by Gasteiger charge is 2.44. The zero-order valence-corrected chi connectivity index (χ0v) is 7.05. The number of hydrogen-bond donors (Lipinski definition) is 0. The van der Waals surface area contributed by atoms with E-state index in [0.29, 0.717) is 0 Å². The quantitative estimate of drug-likeness (QED) is 0.394. The fourth-order valence-electron chi connectivity index (χ4n) is 0.868. The molecule has 0 aromatic heterocycles. The monoisotopic (exact) mass is 160 g/mol. The Balaban J connectivity index is 2.40. The summed E-state index contributed by atoms with van der Waals surface area (Å²) in [5.41, 5.74) is 0. The minimum atomic E-state index is -0.670. The summed E-state index contributed by atoms with van der Waals surface area (Å²) in [7, 11) is 1.29. The van der Waals surface area contributed by atoms with Crippen LogP contribution in [-0.4, -0.2) is 16.0 Å². The molecule has 2 rings (SSSR count). The molecule has 0 N–H and O–H groups in total. The molecule has 0 amide bonds. The number of aliphatic imine (C=N–C) groups is 1. The van der Waals surface area contributed by atoms with Gasteiger partial charge in [0.15, 0.2) is 0 Å². The van der Waals surface area contributed by atoms with Crippen LogP contribution in [0.2, 0.25) is 0 Å². The molecule has 1 spiro atoms. The Bertz CT molecular complexity index is 215. The van der Waals surface area contributed by atoms with Crippen molar-refractivity contribution in [2.75, 3.05) is 5.08 Å². The molecule has 2 nitrogen and oxygen atoms in total. The van der Waals surface area contributed by atoms with Crippen LogP contribution in [0.3, 0.4) is 0 Å². The van der Waals surface area contributed by atoms with Gasteiger partial charge in [-0.15, -0.1) is 0 Å². The predicted octanol–water partition coefficient (Wildman–Crippen LogP) is 2.18. The SMILES string of the molecule is CC1=NS2(CS2)C(C)=N1. The van der Waals surface area contributed by atoms with Gasteiger partial charge in [-0.25, -0.2) is 9.39 Å². The minimum Gasteiger partial charge on any atom is -0.230 e. The summed E-state index contributed by atoms with van der Waals surface area (Å²) in [5, 5.41) is 2.49. The van der Waals surface area contributed by atoms with Gasteiger partial charge in [0.25, 0.3) is 0 Å². The Morgan fingerprint density at radius 1 is 1.56 bits per heavy atom. The van der Waals surface area contributed by atoms with Crippen LogP contribution in [0.15, 0.2) is 9.39 Å². The summed E-state index contributed by atoms with van der Waals surface area (Å²) in [6.45, 7) is 4.07. The maximum absolute atomic E-state index is 4.47. The van der Waals surface area contributed by atoms with Crippen molar-refractivity contribution in [1.82, 2.24) is 0 Å². The maximum Gasteiger partial charge on any atom is 0.133 e. The zero-order chi connectivity index (χ0) is 6.48. The second-order valence-electron chi connectivity index (χ2n) is 2.15. The van der Waals surface area contributed by atoms with Crippen LogP contribution in [-0.2, 0) is 0 Å². The van der Waals surface area contributed by atoms with Crippen molar-refractivity contribution in [1.29, 1.82) is 0 Å². The number of amidine groups is 1. The van der Waals surface area contributed by atoms with Crippen molar-refractivity contribution in [3.8, 4) is 0 Å². The lowest BCUT2D eigenvalue weighted by molar-refractivity contribution is 1.61. The Hall–Kier alpha value is 0.0400. The molecule has 0 saturated carbocycles. The first kappa shape index (κ1) is 5.80. The fraction of sp³-hybridized carbons (Fsp3) is 0.600. The first-order valence-corrected chi connectivity index (χ1v) is 6.06. The normalized spacial score (nSPS) is 46.0. The molecule has 1 unspecified atom stereocenters. The van der Waals surface area contributed by atoms with Gasteiger partial charge in [0.1, 0.15) is 5.84 Å². The van der Waals surface area contributed by atoms with Gasteiger partial charge in [0, 0.05) is 0 Å². The van der Waals surface area contributed by atoms with Crippen LogP contribution in [0, 0.1) is 0 Å². The molecule has 0 radical (unpaired) electrons. The van der Waals surface area contributed by atoms with E-state index in [2.05, 4.69) is 16.3 Å². The Kier molecular flexibility index (Phi) is 0.998. The molecular weight excluding hydrogens is 152 g/mol. The second kappa shape index (κ2) is 1.55. The summed E-state index contributed by atoms with van der Waals surface area (Å²) >= 11 is 0. The van der Waals surface area contributed by atoms with Gasteiger partial charge >= 0.3 is 0 Å². The molecule has 2 heterocycles. The van der Waals surface area contributed by atoms with Crippen LogP contribution < -0.4 is 0 Å². The van der Waals surface area contributed by atoms with E-state index in [4.69, 9.17) is 0 Å². The molecule has 1 saturated heterocycles. The molecule has 1 fully saturated rings. The van der Waals surface area contributed by atoms with E-state index >= 15 is 0 Å². The first-order chi connectivity index (χ1) is 4.23. The average Bonchev–Trinajstić information content (AvgIpc) is 2.42. The topological polar surface area (TPSA) is 24.7 Å². The van der Waals surface area contributed by atoms with Crippen molar-refractivity contribution >= 4 is 30.9 Å². The van der Waals surface area contributed by atoms with E-state index in [1.807, 2.05) is 17.7 Å². The third-order valence-electron chi connectivity index (χ3n) is 1.40. The van der Waals surface area contributed by atoms with Crippen molar-refractivity contribution in [2.45, 2.75) is 13.8 Å². The summed E-state index contributed by atoms with van der Waals surface area (Å²) in [4.78, 5) is 4.29. The first-order valence-electron chi connectivity index (χ1n) is 2.80. The van der Waals surface area contributed by atoms with Crippen molar-refractivity contribution in [3.63, 3.8) is 0 Å². The third-order valence-corrected chi connectivity index (χ3v) is 6.65. The smallest absolute Gasteiger partial charge is 0.133 e. The maximum atomic E-state index is 4.47.